The molecule has 1 unspecified atom stereocenters. The fourth-order valence-electron chi connectivity index (χ4n) is 1.87. The van der Waals surface area contributed by atoms with E-state index in [-0.39, 0.29) is 5.91 Å². The van der Waals surface area contributed by atoms with Crippen LogP contribution in [0.2, 0.25) is 0 Å². The lowest BCUT2D eigenvalue weighted by molar-refractivity contribution is -0.132. The van der Waals surface area contributed by atoms with Gasteiger partial charge in [-0.2, -0.15) is 0 Å². The van der Waals surface area contributed by atoms with Crippen molar-refractivity contribution < 1.29 is 4.79 Å². The van der Waals surface area contributed by atoms with E-state index in [1.165, 1.54) is 0 Å². The van der Waals surface area contributed by atoms with Gasteiger partial charge in [0.25, 0.3) is 0 Å². The fourth-order valence-corrected chi connectivity index (χ4v) is 1.87. The van der Waals surface area contributed by atoms with E-state index in [1.807, 2.05) is 4.90 Å². The second-order valence-electron chi connectivity index (χ2n) is 4.20. The zero-order valence-electron chi connectivity index (χ0n) is 9.67. The third-order valence-corrected chi connectivity index (χ3v) is 3.07. The van der Waals surface area contributed by atoms with Crippen LogP contribution < -0.4 is 11.1 Å². The molecule has 0 radical (unpaired) electrons. The van der Waals surface area contributed by atoms with Crippen molar-refractivity contribution in [3.63, 3.8) is 0 Å². The van der Waals surface area contributed by atoms with Crippen molar-refractivity contribution >= 4 is 5.91 Å². The summed E-state index contributed by atoms with van der Waals surface area (Å²) in [5.74, 6) is 0.629. The van der Waals surface area contributed by atoms with Crippen LogP contribution in [0.5, 0.6) is 0 Å². The molecule has 1 fully saturated rings. The Kier molecular flexibility index (Phi) is 5.65. The summed E-state index contributed by atoms with van der Waals surface area (Å²) >= 11 is 0. The summed E-state index contributed by atoms with van der Waals surface area (Å²) in [6.45, 7) is 6.40. The minimum absolute atomic E-state index is 0.274. The lowest BCUT2D eigenvalue weighted by Crippen LogP contribution is -2.36. The van der Waals surface area contributed by atoms with Crippen LogP contribution in [0.3, 0.4) is 0 Å². The second-order valence-corrected chi connectivity index (χ2v) is 4.20. The highest BCUT2D eigenvalue weighted by Crippen LogP contribution is 2.09. The Hall–Kier alpha value is -0.610. The molecule has 88 valence electrons. The molecule has 1 rings (SSSR count). The molecule has 0 aromatic rings. The van der Waals surface area contributed by atoms with E-state index < -0.39 is 0 Å². The first-order chi connectivity index (χ1) is 7.27. The van der Waals surface area contributed by atoms with Crippen molar-refractivity contribution in [1.82, 2.24) is 10.2 Å². The van der Waals surface area contributed by atoms with Gasteiger partial charge >= 0.3 is 0 Å². The standard InChI is InChI=1S/C11H23N3O/c1-2-10(9-12)8-11(15)14-6-3-4-13-5-7-14/h10,13H,2-9,12H2,1H3. The molecule has 0 aromatic carbocycles. The van der Waals surface area contributed by atoms with Crippen molar-refractivity contribution in [1.29, 1.82) is 0 Å². The average molecular weight is 213 g/mol. The molecule has 1 amide bonds. The molecule has 0 bridgehead atoms. The first-order valence-corrected chi connectivity index (χ1v) is 5.96. The monoisotopic (exact) mass is 213 g/mol. The number of nitrogens with zero attached hydrogens (tertiary/aromatic N) is 1. The van der Waals surface area contributed by atoms with E-state index in [4.69, 9.17) is 5.73 Å². The van der Waals surface area contributed by atoms with E-state index in [1.54, 1.807) is 0 Å². The first kappa shape index (κ1) is 12.5. The summed E-state index contributed by atoms with van der Waals surface area (Å²) < 4.78 is 0. The van der Waals surface area contributed by atoms with Gasteiger partial charge in [0.05, 0.1) is 0 Å². The summed E-state index contributed by atoms with van der Waals surface area (Å²) in [4.78, 5) is 13.9. The van der Waals surface area contributed by atoms with E-state index >= 15 is 0 Å². The van der Waals surface area contributed by atoms with E-state index in [2.05, 4.69) is 12.2 Å². The molecule has 4 nitrogen and oxygen atoms in total. The van der Waals surface area contributed by atoms with Gasteiger partial charge in [-0.05, 0) is 25.4 Å². The van der Waals surface area contributed by atoms with Gasteiger partial charge in [0, 0.05) is 26.1 Å². The largest absolute Gasteiger partial charge is 0.341 e. The van der Waals surface area contributed by atoms with Gasteiger partial charge in [-0.25, -0.2) is 0 Å². The molecular weight excluding hydrogens is 190 g/mol. The molecule has 1 atom stereocenters. The Morgan fingerprint density at radius 3 is 2.93 bits per heavy atom. The van der Waals surface area contributed by atoms with Crippen LogP contribution >= 0.6 is 0 Å². The number of amides is 1. The maximum atomic E-state index is 11.9. The number of nitrogens with two attached hydrogens (primary N) is 1. The van der Waals surface area contributed by atoms with Crippen molar-refractivity contribution in [2.75, 3.05) is 32.7 Å². The summed E-state index contributed by atoms with van der Waals surface area (Å²) in [6, 6.07) is 0. The molecule has 1 heterocycles. The summed E-state index contributed by atoms with van der Waals surface area (Å²) in [5, 5.41) is 3.29. The minimum atomic E-state index is 0.274. The van der Waals surface area contributed by atoms with Gasteiger partial charge in [-0.15, -0.1) is 0 Å². The van der Waals surface area contributed by atoms with Crippen LogP contribution in [-0.4, -0.2) is 43.5 Å². The van der Waals surface area contributed by atoms with Crippen molar-refractivity contribution in [2.45, 2.75) is 26.2 Å². The molecule has 0 aromatic heterocycles. The third-order valence-electron chi connectivity index (χ3n) is 3.07. The molecule has 1 aliphatic rings. The van der Waals surface area contributed by atoms with Crippen LogP contribution in [0.25, 0.3) is 0 Å². The van der Waals surface area contributed by atoms with E-state index in [0.717, 1.165) is 39.0 Å². The zero-order chi connectivity index (χ0) is 11.1. The topological polar surface area (TPSA) is 58.4 Å². The number of carbonyl (C=O) groups excluding carboxylic acids is 1. The van der Waals surface area contributed by atoms with Gasteiger partial charge in [0.15, 0.2) is 0 Å². The Balaban J connectivity index is 2.36. The highest BCUT2D eigenvalue weighted by molar-refractivity contribution is 5.76. The van der Waals surface area contributed by atoms with Crippen LogP contribution in [-0.2, 0) is 4.79 Å². The van der Waals surface area contributed by atoms with Crippen molar-refractivity contribution in [2.24, 2.45) is 11.7 Å². The van der Waals surface area contributed by atoms with Gasteiger partial charge in [0.2, 0.25) is 5.91 Å². The van der Waals surface area contributed by atoms with Crippen LogP contribution in [0.4, 0.5) is 0 Å². The molecular formula is C11H23N3O. The lowest BCUT2D eigenvalue weighted by atomic mass is 10.0. The number of carbonyl (C=O) groups is 1. The Morgan fingerprint density at radius 2 is 2.27 bits per heavy atom. The Labute approximate surface area is 92.2 Å². The number of rotatable bonds is 4. The number of nitrogens with one attached hydrogen (secondary N) is 1. The quantitative estimate of drug-likeness (QED) is 0.700. The minimum Gasteiger partial charge on any atom is -0.341 e. The average Bonchev–Trinajstić information content (AvgIpc) is 2.54. The van der Waals surface area contributed by atoms with Gasteiger partial charge < -0.3 is 16.0 Å². The maximum Gasteiger partial charge on any atom is 0.222 e. The Bertz CT molecular complexity index is 184. The third kappa shape index (κ3) is 4.18. The fraction of sp³-hybridized carbons (Fsp3) is 0.909. The van der Waals surface area contributed by atoms with Crippen LogP contribution in [0, 0.1) is 5.92 Å². The summed E-state index contributed by atoms with van der Waals surface area (Å²) in [6.07, 6.45) is 2.67. The number of hydrogen-bond acceptors (Lipinski definition) is 3. The molecule has 0 spiro atoms. The molecule has 3 N–H and O–H groups in total. The van der Waals surface area contributed by atoms with E-state index in [0.29, 0.717) is 18.9 Å². The molecule has 1 aliphatic heterocycles. The summed E-state index contributed by atoms with van der Waals surface area (Å²) in [7, 11) is 0. The zero-order valence-corrected chi connectivity index (χ0v) is 9.67. The first-order valence-electron chi connectivity index (χ1n) is 5.96. The van der Waals surface area contributed by atoms with Crippen LogP contribution in [0.1, 0.15) is 26.2 Å². The highest BCUT2D eigenvalue weighted by Gasteiger charge is 2.18. The van der Waals surface area contributed by atoms with Gasteiger partial charge in [-0.1, -0.05) is 13.3 Å². The molecule has 15 heavy (non-hydrogen) atoms. The molecule has 0 aliphatic carbocycles. The predicted molar refractivity (Wildman–Crippen MR) is 61.5 cm³/mol. The molecule has 1 saturated heterocycles. The van der Waals surface area contributed by atoms with Crippen LogP contribution in [0.15, 0.2) is 0 Å². The predicted octanol–water partition coefficient (Wildman–Crippen LogP) is 0.183. The summed E-state index contributed by atoms with van der Waals surface area (Å²) in [5.41, 5.74) is 5.61. The number of hydrogen-bond donors (Lipinski definition) is 2. The van der Waals surface area contributed by atoms with Crippen molar-refractivity contribution in [3.8, 4) is 0 Å². The lowest BCUT2D eigenvalue weighted by Gasteiger charge is -2.22. The molecule has 4 heteroatoms. The van der Waals surface area contributed by atoms with Gasteiger partial charge in [-0.3, -0.25) is 4.79 Å². The normalized spacial score (nSPS) is 19.7. The smallest absolute Gasteiger partial charge is 0.222 e. The Morgan fingerprint density at radius 1 is 1.47 bits per heavy atom. The maximum absolute atomic E-state index is 11.9. The van der Waals surface area contributed by atoms with E-state index in [9.17, 15) is 4.79 Å². The van der Waals surface area contributed by atoms with Crippen molar-refractivity contribution in [3.05, 3.63) is 0 Å². The second kappa shape index (κ2) is 6.80. The SMILES string of the molecule is CCC(CN)CC(=O)N1CCCNCC1. The highest BCUT2D eigenvalue weighted by atomic mass is 16.2. The van der Waals surface area contributed by atoms with Gasteiger partial charge in [0.1, 0.15) is 0 Å². The molecule has 0 saturated carbocycles.